The van der Waals surface area contributed by atoms with Gasteiger partial charge in [0.1, 0.15) is 17.2 Å². The molecule has 0 aliphatic carbocycles. The summed E-state index contributed by atoms with van der Waals surface area (Å²) in [7, 11) is 1.61. The molecule has 0 spiro atoms. The molecule has 172 valence electrons. The van der Waals surface area contributed by atoms with E-state index in [4.69, 9.17) is 19.8 Å². The largest absolute Gasteiger partial charge is 0.479 e. The molecule has 0 bridgehead atoms. The van der Waals surface area contributed by atoms with Gasteiger partial charge >= 0.3 is 0 Å². The zero-order chi connectivity index (χ0) is 23.9. The average Bonchev–Trinajstić information content (AvgIpc) is 3.50. The SMILES string of the molecule is COc1nc(-c2nc3n(n2)CCC[C@@H]3c2cccc(C(C)(C)C#N)c2)ccc1-n1cnc(C)c1. The molecule has 4 heterocycles. The molecule has 1 aliphatic heterocycles. The van der Waals surface area contributed by atoms with Crippen molar-refractivity contribution < 1.29 is 4.74 Å². The first-order valence-corrected chi connectivity index (χ1v) is 11.4. The highest BCUT2D eigenvalue weighted by molar-refractivity contribution is 5.55. The Labute approximate surface area is 198 Å². The number of aromatic nitrogens is 6. The molecule has 4 aromatic rings. The molecule has 34 heavy (non-hydrogen) atoms. The lowest BCUT2D eigenvalue weighted by Gasteiger charge is -2.24. The maximum absolute atomic E-state index is 9.57. The van der Waals surface area contributed by atoms with Gasteiger partial charge < -0.3 is 9.30 Å². The smallest absolute Gasteiger partial charge is 0.238 e. The van der Waals surface area contributed by atoms with Crippen LogP contribution in [0.1, 0.15) is 55.3 Å². The van der Waals surface area contributed by atoms with Crippen molar-refractivity contribution in [3.63, 3.8) is 0 Å². The lowest BCUT2D eigenvalue weighted by atomic mass is 9.82. The third-order valence-electron chi connectivity index (χ3n) is 6.42. The number of fused-ring (bicyclic) bond motifs is 1. The van der Waals surface area contributed by atoms with Gasteiger partial charge in [0.25, 0.3) is 0 Å². The average molecular weight is 454 g/mol. The number of nitrogens with zero attached hydrogens (tertiary/aromatic N) is 7. The molecule has 0 saturated carbocycles. The van der Waals surface area contributed by atoms with Crippen molar-refractivity contribution in [2.45, 2.75) is 51.5 Å². The highest BCUT2D eigenvalue weighted by Gasteiger charge is 2.28. The monoisotopic (exact) mass is 453 g/mol. The maximum Gasteiger partial charge on any atom is 0.238 e. The topological polar surface area (TPSA) is 94.4 Å². The predicted octanol–water partition coefficient (Wildman–Crippen LogP) is 4.57. The molecule has 3 aromatic heterocycles. The number of pyridine rings is 1. The Morgan fingerprint density at radius 3 is 2.76 bits per heavy atom. The number of rotatable bonds is 5. The molecule has 1 aliphatic rings. The van der Waals surface area contributed by atoms with E-state index in [0.29, 0.717) is 17.4 Å². The van der Waals surface area contributed by atoms with E-state index < -0.39 is 5.41 Å². The van der Waals surface area contributed by atoms with Crippen LogP contribution >= 0.6 is 0 Å². The molecule has 5 rings (SSSR count). The van der Waals surface area contributed by atoms with Gasteiger partial charge in [-0.1, -0.05) is 24.3 Å². The Hall–Kier alpha value is -3.99. The molecule has 0 N–H and O–H groups in total. The van der Waals surface area contributed by atoms with Crippen molar-refractivity contribution in [1.82, 2.24) is 29.3 Å². The summed E-state index contributed by atoms with van der Waals surface area (Å²) in [6.45, 7) is 6.66. The van der Waals surface area contributed by atoms with Gasteiger partial charge in [-0.3, -0.25) is 0 Å². The van der Waals surface area contributed by atoms with Crippen LogP contribution in [0.15, 0.2) is 48.9 Å². The quantitative estimate of drug-likeness (QED) is 0.439. The van der Waals surface area contributed by atoms with Gasteiger partial charge in [-0.05, 0) is 56.9 Å². The van der Waals surface area contributed by atoms with Crippen molar-refractivity contribution in [3.8, 4) is 29.2 Å². The summed E-state index contributed by atoms with van der Waals surface area (Å²) in [5.74, 6) is 2.13. The first-order chi connectivity index (χ1) is 16.4. The Kier molecular flexibility index (Phi) is 5.40. The number of aryl methyl sites for hydroxylation is 2. The normalized spacial score (nSPS) is 15.6. The molecule has 0 unspecified atom stereocenters. The van der Waals surface area contributed by atoms with Crippen molar-refractivity contribution >= 4 is 0 Å². The van der Waals surface area contributed by atoms with Crippen LogP contribution in [-0.4, -0.2) is 36.4 Å². The van der Waals surface area contributed by atoms with Crippen molar-refractivity contribution in [1.29, 1.82) is 5.26 Å². The fourth-order valence-corrected chi connectivity index (χ4v) is 4.44. The van der Waals surface area contributed by atoms with Gasteiger partial charge in [0.2, 0.25) is 5.88 Å². The Morgan fingerprint density at radius 1 is 1.18 bits per heavy atom. The lowest BCUT2D eigenvalue weighted by Crippen LogP contribution is -2.19. The second kappa shape index (κ2) is 8.41. The van der Waals surface area contributed by atoms with Gasteiger partial charge in [0, 0.05) is 18.7 Å². The van der Waals surface area contributed by atoms with Gasteiger partial charge in [0.15, 0.2) is 5.82 Å². The minimum atomic E-state index is -0.542. The molecule has 0 amide bonds. The van der Waals surface area contributed by atoms with Crippen molar-refractivity contribution in [2.24, 2.45) is 0 Å². The number of hydrogen-bond donors (Lipinski definition) is 0. The fourth-order valence-electron chi connectivity index (χ4n) is 4.44. The minimum absolute atomic E-state index is 0.125. The van der Waals surface area contributed by atoms with Crippen LogP contribution in [0.25, 0.3) is 17.2 Å². The number of imidazole rings is 1. The molecular formula is C26H27N7O. The van der Waals surface area contributed by atoms with E-state index in [0.717, 1.165) is 47.7 Å². The summed E-state index contributed by atoms with van der Waals surface area (Å²) < 4.78 is 9.46. The third-order valence-corrected chi connectivity index (χ3v) is 6.42. The van der Waals surface area contributed by atoms with Crippen LogP contribution in [0.4, 0.5) is 0 Å². The van der Waals surface area contributed by atoms with Gasteiger partial charge in [-0.25, -0.2) is 19.6 Å². The second-order valence-corrected chi connectivity index (χ2v) is 9.22. The first-order valence-electron chi connectivity index (χ1n) is 11.4. The summed E-state index contributed by atoms with van der Waals surface area (Å²) in [5.41, 5.74) is 4.03. The predicted molar refractivity (Wildman–Crippen MR) is 128 cm³/mol. The standard InChI is InChI=1S/C26H27N7O/c1-17-14-32(16-28-17)22-11-10-21(29-25(22)34-4)23-30-24-20(9-6-12-33(24)31-23)18-7-5-8-19(13-18)26(2,3)15-27/h5,7-8,10-11,13-14,16,20H,6,9,12H2,1-4H3/t20-/m1/s1. The van der Waals surface area contributed by atoms with Gasteiger partial charge in [-0.15, -0.1) is 5.10 Å². The Bertz CT molecular complexity index is 1390. The summed E-state index contributed by atoms with van der Waals surface area (Å²) >= 11 is 0. The van der Waals surface area contributed by atoms with Gasteiger partial charge in [-0.2, -0.15) is 5.26 Å². The van der Waals surface area contributed by atoms with Crippen LogP contribution < -0.4 is 4.74 Å². The van der Waals surface area contributed by atoms with E-state index in [1.807, 2.05) is 60.5 Å². The molecule has 0 fully saturated rings. The Balaban J connectivity index is 1.51. The van der Waals surface area contributed by atoms with Crippen LogP contribution in [0.2, 0.25) is 0 Å². The molecular weight excluding hydrogens is 426 g/mol. The van der Waals surface area contributed by atoms with Crippen LogP contribution in [0, 0.1) is 18.3 Å². The molecule has 1 aromatic carbocycles. The zero-order valence-corrected chi connectivity index (χ0v) is 19.9. The molecule has 1 atom stereocenters. The van der Waals surface area contributed by atoms with E-state index in [1.165, 1.54) is 0 Å². The highest BCUT2D eigenvalue weighted by atomic mass is 16.5. The molecule has 0 radical (unpaired) electrons. The van der Waals surface area contributed by atoms with E-state index in [-0.39, 0.29) is 5.92 Å². The molecule has 8 heteroatoms. The number of ether oxygens (including phenoxy) is 1. The zero-order valence-electron chi connectivity index (χ0n) is 19.9. The first kappa shape index (κ1) is 21.8. The summed E-state index contributed by atoms with van der Waals surface area (Å²) in [5, 5.41) is 14.4. The molecule has 0 saturated heterocycles. The van der Waals surface area contributed by atoms with E-state index >= 15 is 0 Å². The maximum atomic E-state index is 9.57. The van der Waals surface area contributed by atoms with E-state index in [2.05, 4.69) is 23.2 Å². The number of nitriles is 1. The van der Waals surface area contributed by atoms with Gasteiger partial charge in [0.05, 0.1) is 30.6 Å². The summed E-state index contributed by atoms with van der Waals surface area (Å²) in [6.07, 6.45) is 5.68. The minimum Gasteiger partial charge on any atom is -0.479 e. The fraction of sp³-hybridized carbons (Fsp3) is 0.346. The van der Waals surface area contributed by atoms with Crippen molar-refractivity contribution in [3.05, 3.63) is 71.6 Å². The van der Waals surface area contributed by atoms with Crippen molar-refractivity contribution in [2.75, 3.05) is 7.11 Å². The number of hydrogen-bond acceptors (Lipinski definition) is 6. The van der Waals surface area contributed by atoms with Crippen LogP contribution in [0.3, 0.4) is 0 Å². The van der Waals surface area contributed by atoms with Crippen LogP contribution in [-0.2, 0) is 12.0 Å². The van der Waals surface area contributed by atoms with E-state index in [1.54, 1.807) is 13.4 Å². The second-order valence-electron chi connectivity index (χ2n) is 9.22. The third kappa shape index (κ3) is 3.83. The van der Waals surface area contributed by atoms with E-state index in [9.17, 15) is 5.26 Å². The van der Waals surface area contributed by atoms with Crippen LogP contribution in [0.5, 0.6) is 5.88 Å². The summed E-state index contributed by atoms with van der Waals surface area (Å²) in [4.78, 5) is 13.9. The Morgan fingerprint density at radius 2 is 2.03 bits per heavy atom. The molecule has 8 nitrogen and oxygen atoms in total. The highest BCUT2D eigenvalue weighted by Crippen LogP contribution is 2.35. The number of methoxy groups -OCH3 is 1. The number of benzene rings is 1. The summed E-state index contributed by atoms with van der Waals surface area (Å²) in [6, 6.07) is 14.6. The lowest BCUT2D eigenvalue weighted by molar-refractivity contribution is 0.396.